The van der Waals surface area contributed by atoms with Crippen LogP contribution in [0.25, 0.3) is 0 Å². The molecule has 1 aromatic carbocycles. The lowest BCUT2D eigenvalue weighted by Gasteiger charge is -2.38. The van der Waals surface area contributed by atoms with Gasteiger partial charge in [0.1, 0.15) is 17.3 Å². The zero-order chi connectivity index (χ0) is 14.9. The summed E-state index contributed by atoms with van der Waals surface area (Å²) in [6, 6.07) is 2.53. The molecule has 1 N–H and O–H groups in total. The Hall–Kier alpha value is -1.70. The predicted molar refractivity (Wildman–Crippen MR) is 70.2 cm³/mol. The number of sulfone groups is 1. The van der Waals surface area contributed by atoms with E-state index in [1.165, 1.54) is 17.9 Å². The Morgan fingerprint density at radius 3 is 2.40 bits per heavy atom. The molecule has 0 saturated carbocycles. The fourth-order valence-electron chi connectivity index (χ4n) is 1.87. The Morgan fingerprint density at radius 2 is 1.90 bits per heavy atom. The van der Waals surface area contributed by atoms with Gasteiger partial charge in [-0.3, -0.25) is 0 Å². The van der Waals surface area contributed by atoms with Crippen molar-refractivity contribution in [1.82, 2.24) is 4.90 Å². The number of hydrogen-bond donors (Lipinski definition) is 1. The SMILES string of the molecule is CCS(=O)(=O)C1CN(C(=O)Nc2c(F)cccc2F)C1. The number of hydrogen-bond acceptors (Lipinski definition) is 3. The Morgan fingerprint density at radius 1 is 1.35 bits per heavy atom. The molecule has 2 rings (SSSR count). The summed E-state index contributed by atoms with van der Waals surface area (Å²) in [6.07, 6.45) is 0. The molecule has 1 fully saturated rings. The van der Waals surface area contributed by atoms with Crippen molar-refractivity contribution >= 4 is 21.6 Å². The van der Waals surface area contributed by atoms with E-state index in [9.17, 15) is 22.0 Å². The predicted octanol–water partition coefficient (Wildman–Crippen LogP) is 1.62. The summed E-state index contributed by atoms with van der Waals surface area (Å²) in [4.78, 5) is 12.9. The minimum atomic E-state index is -3.19. The molecule has 1 saturated heterocycles. The van der Waals surface area contributed by atoms with Crippen LogP contribution < -0.4 is 5.32 Å². The van der Waals surface area contributed by atoms with Gasteiger partial charge in [-0.05, 0) is 12.1 Å². The fourth-order valence-corrected chi connectivity index (χ4v) is 3.16. The molecule has 2 amide bonds. The van der Waals surface area contributed by atoms with Gasteiger partial charge in [0.25, 0.3) is 0 Å². The Labute approximate surface area is 115 Å². The van der Waals surface area contributed by atoms with E-state index in [0.717, 1.165) is 12.1 Å². The molecule has 0 bridgehead atoms. The van der Waals surface area contributed by atoms with Crippen molar-refractivity contribution < 1.29 is 22.0 Å². The summed E-state index contributed by atoms with van der Waals surface area (Å²) in [5, 5.41) is 1.52. The largest absolute Gasteiger partial charge is 0.322 e. The quantitative estimate of drug-likeness (QED) is 0.922. The number of amides is 2. The maximum atomic E-state index is 13.3. The molecule has 8 heteroatoms. The number of para-hydroxylation sites is 1. The topological polar surface area (TPSA) is 66.5 Å². The molecule has 5 nitrogen and oxygen atoms in total. The van der Waals surface area contributed by atoms with Gasteiger partial charge in [0, 0.05) is 18.8 Å². The zero-order valence-corrected chi connectivity index (χ0v) is 11.6. The van der Waals surface area contributed by atoms with E-state index >= 15 is 0 Å². The van der Waals surface area contributed by atoms with Crippen LogP contribution in [-0.2, 0) is 9.84 Å². The highest BCUT2D eigenvalue weighted by Gasteiger charge is 2.38. The third-order valence-corrected chi connectivity index (χ3v) is 5.36. The summed E-state index contributed by atoms with van der Waals surface area (Å²) in [7, 11) is -3.19. The van der Waals surface area contributed by atoms with Crippen molar-refractivity contribution in [2.75, 3.05) is 24.2 Å². The van der Waals surface area contributed by atoms with Crippen molar-refractivity contribution in [3.63, 3.8) is 0 Å². The summed E-state index contributed by atoms with van der Waals surface area (Å²) < 4.78 is 49.8. The van der Waals surface area contributed by atoms with Crippen LogP contribution in [-0.4, -0.2) is 43.4 Å². The first-order chi connectivity index (χ1) is 9.35. The van der Waals surface area contributed by atoms with E-state index in [2.05, 4.69) is 5.32 Å². The third kappa shape index (κ3) is 2.74. The number of halogens is 2. The number of nitrogens with one attached hydrogen (secondary N) is 1. The minimum Gasteiger partial charge on any atom is -0.322 e. The van der Waals surface area contributed by atoms with Gasteiger partial charge >= 0.3 is 6.03 Å². The Kier molecular flexibility index (Phi) is 3.94. The van der Waals surface area contributed by atoms with E-state index in [1.807, 2.05) is 0 Å². The normalized spacial score (nSPS) is 15.8. The van der Waals surface area contributed by atoms with Crippen LogP contribution in [0.5, 0.6) is 0 Å². The standard InChI is InChI=1S/C12H14F2N2O3S/c1-2-20(18,19)8-6-16(7-8)12(17)15-11-9(13)4-3-5-10(11)14/h3-5,8H,2,6-7H2,1H3,(H,15,17). The second-order valence-electron chi connectivity index (χ2n) is 4.51. The summed E-state index contributed by atoms with van der Waals surface area (Å²) in [6.45, 7) is 1.61. The monoisotopic (exact) mass is 304 g/mol. The fraction of sp³-hybridized carbons (Fsp3) is 0.417. The van der Waals surface area contributed by atoms with Crippen molar-refractivity contribution in [3.8, 4) is 0 Å². The van der Waals surface area contributed by atoms with Crippen molar-refractivity contribution in [2.45, 2.75) is 12.2 Å². The molecule has 0 spiro atoms. The van der Waals surface area contributed by atoms with Gasteiger partial charge in [0.05, 0.1) is 5.25 Å². The highest BCUT2D eigenvalue weighted by atomic mass is 32.2. The summed E-state index contributed by atoms with van der Waals surface area (Å²) >= 11 is 0. The van der Waals surface area contributed by atoms with Crippen LogP contribution in [0.3, 0.4) is 0 Å². The van der Waals surface area contributed by atoms with Crippen LogP contribution in [0.2, 0.25) is 0 Å². The highest BCUT2D eigenvalue weighted by Crippen LogP contribution is 2.21. The van der Waals surface area contributed by atoms with Crippen molar-refractivity contribution in [1.29, 1.82) is 0 Å². The molecule has 0 atom stereocenters. The maximum absolute atomic E-state index is 13.3. The maximum Gasteiger partial charge on any atom is 0.322 e. The van der Waals surface area contributed by atoms with Gasteiger partial charge in [-0.1, -0.05) is 13.0 Å². The van der Waals surface area contributed by atoms with Gasteiger partial charge in [0.2, 0.25) is 0 Å². The van der Waals surface area contributed by atoms with E-state index in [0.29, 0.717) is 0 Å². The lowest BCUT2D eigenvalue weighted by molar-refractivity contribution is 0.182. The smallest absolute Gasteiger partial charge is 0.322 e. The number of rotatable bonds is 3. The van der Waals surface area contributed by atoms with Gasteiger partial charge in [-0.25, -0.2) is 22.0 Å². The van der Waals surface area contributed by atoms with Gasteiger partial charge < -0.3 is 10.2 Å². The molecule has 0 aromatic heterocycles. The van der Waals surface area contributed by atoms with E-state index < -0.39 is 38.4 Å². The van der Waals surface area contributed by atoms with Crippen molar-refractivity contribution in [2.24, 2.45) is 0 Å². The number of carbonyl (C=O) groups excluding carboxylic acids is 1. The molecular weight excluding hydrogens is 290 g/mol. The Balaban J connectivity index is 1.99. The van der Waals surface area contributed by atoms with E-state index in [1.54, 1.807) is 0 Å². The first kappa shape index (κ1) is 14.7. The van der Waals surface area contributed by atoms with Crippen LogP contribution in [0.1, 0.15) is 6.92 Å². The lowest BCUT2D eigenvalue weighted by Crippen LogP contribution is -2.58. The van der Waals surface area contributed by atoms with E-state index in [-0.39, 0.29) is 18.8 Å². The number of carbonyl (C=O) groups is 1. The second kappa shape index (κ2) is 5.35. The summed E-state index contributed by atoms with van der Waals surface area (Å²) in [5.74, 6) is -1.75. The van der Waals surface area contributed by atoms with E-state index in [4.69, 9.17) is 0 Å². The molecule has 1 heterocycles. The molecule has 0 unspecified atom stereocenters. The zero-order valence-electron chi connectivity index (χ0n) is 10.8. The van der Waals surface area contributed by atoms with Crippen LogP contribution in [0.4, 0.5) is 19.3 Å². The molecule has 0 aliphatic carbocycles. The average Bonchev–Trinajstić information content (AvgIpc) is 2.32. The first-order valence-corrected chi connectivity index (χ1v) is 7.78. The average molecular weight is 304 g/mol. The minimum absolute atomic E-state index is 0.00900. The third-order valence-electron chi connectivity index (χ3n) is 3.24. The van der Waals surface area contributed by atoms with Crippen LogP contribution in [0.15, 0.2) is 18.2 Å². The lowest BCUT2D eigenvalue weighted by atomic mass is 10.2. The molecule has 20 heavy (non-hydrogen) atoms. The van der Waals surface area contributed by atoms with Crippen LogP contribution >= 0.6 is 0 Å². The second-order valence-corrected chi connectivity index (χ2v) is 7.08. The van der Waals surface area contributed by atoms with Gasteiger partial charge in [0.15, 0.2) is 9.84 Å². The number of anilines is 1. The highest BCUT2D eigenvalue weighted by molar-refractivity contribution is 7.92. The Bertz CT molecular complexity index is 607. The molecule has 0 radical (unpaired) electrons. The van der Waals surface area contributed by atoms with Gasteiger partial charge in [-0.2, -0.15) is 0 Å². The molecule has 110 valence electrons. The number of nitrogens with zero attached hydrogens (tertiary/aromatic N) is 1. The molecule has 1 aromatic rings. The van der Waals surface area contributed by atoms with Crippen LogP contribution in [0, 0.1) is 11.6 Å². The van der Waals surface area contributed by atoms with Gasteiger partial charge in [-0.15, -0.1) is 0 Å². The molecule has 1 aliphatic rings. The van der Waals surface area contributed by atoms with Crippen molar-refractivity contribution in [3.05, 3.63) is 29.8 Å². The molecular formula is C12H14F2N2O3S. The number of urea groups is 1. The molecule has 1 aliphatic heterocycles. The number of benzene rings is 1. The number of likely N-dealkylation sites (tertiary alicyclic amines) is 1. The first-order valence-electron chi connectivity index (χ1n) is 6.06. The summed E-state index contributed by atoms with van der Waals surface area (Å²) in [5.41, 5.74) is -0.528.